The number of rotatable bonds is 4. The quantitative estimate of drug-likeness (QED) is 0.617. The van der Waals surface area contributed by atoms with Crippen molar-refractivity contribution in [2.24, 2.45) is 0 Å². The lowest BCUT2D eigenvalue weighted by Gasteiger charge is -2.09. The van der Waals surface area contributed by atoms with Crippen LogP contribution in [0, 0.1) is 0 Å². The van der Waals surface area contributed by atoms with E-state index in [1.807, 2.05) is 0 Å². The lowest BCUT2D eigenvalue weighted by molar-refractivity contribution is -0.137. The van der Waals surface area contributed by atoms with Crippen LogP contribution in [0.3, 0.4) is 0 Å². The number of nitrogens with zero attached hydrogens (tertiary/aromatic N) is 3. The maximum atomic E-state index is 12.8. The summed E-state index contributed by atoms with van der Waals surface area (Å²) in [5, 5.41) is 2.83. The molecule has 3 aromatic rings. The van der Waals surface area contributed by atoms with Crippen LogP contribution in [-0.4, -0.2) is 20.4 Å². The van der Waals surface area contributed by atoms with Gasteiger partial charge in [0.15, 0.2) is 5.82 Å². The largest absolute Gasteiger partial charge is 0.416 e. The molecule has 0 spiro atoms. The van der Waals surface area contributed by atoms with Gasteiger partial charge in [-0.1, -0.05) is 35.3 Å². The van der Waals surface area contributed by atoms with Gasteiger partial charge in [-0.2, -0.15) is 13.2 Å². The van der Waals surface area contributed by atoms with Crippen molar-refractivity contribution in [3.05, 3.63) is 75.9 Å². The van der Waals surface area contributed by atoms with Crippen molar-refractivity contribution in [1.29, 1.82) is 0 Å². The minimum atomic E-state index is -4.41. The van der Waals surface area contributed by atoms with E-state index in [1.165, 1.54) is 30.9 Å². The Morgan fingerprint density at radius 3 is 2.67 bits per heavy atom. The van der Waals surface area contributed by atoms with Crippen LogP contribution in [0.2, 0.25) is 10.2 Å². The smallest absolute Gasteiger partial charge is 0.331 e. The number of carbonyl (C=O) groups is 1. The third-order valence-electron chi connectivity index (χ3n) is 3.56. The normalized spacial score (nSPS) is 11.4. The van der Waals surface area contributed by atoms with Gasteiger partial charge < -0.3 is 9.88 Å². The van der Waals surface area contributed by atoms with E-state index in [4.69, 9.17) is 23.2 Å². The summed E-state index contributed by atoms with van der Waals surface area (Å²) < 4.78 is 39.9. The zero-order chi connectivity index (χ0) is 19.6. The summed E-state index contributed by atoms with van der Waals surface area (Å²) in [7, 11) is 0. The van der Waals surface area contributed by atoms with Crippen molar-refractivity contribution in [3.8, 4) is 0 Å². The van der Waals surface area contributed by atoms with E-state index in [2.05, 4.69) is 15.3 Å². The molecule has 0 aliphatic rings. The van der Waals surface area contributed by atoms with Crippen LogP contribution < -0.4 is 5.32 Å². The van der Waals surface area contributed by atoms with Crippen molar-refractivity contribution in [2.45, 2.75) is 12.7 Å². The number of alkyl halides is 3. The zero-order valence-electron chi connectivity index (χ0n) is 13.5. The van der Waals surface area contributed by atoms with Gasteiger partial charge in [0.1, 0.15) is 5.15 Å². The van der Waals surface area contributed by atoms with Crippen LogP contribution in [0.25, 0.3) is 0 Å². The maximum absolute atomic E-state index is 12.8. The van der Waals surface area contributed by atoms with Gasteiger partial charge in [0.2, 0.25) is 0 Å². The standard InChI is InChI=1S/C17H11Cl2F3N4O/c18-13-5-14(19)23-6-12(13)16(27)25-15-8-26(9-24-15)7-10-2-1-3-11(4-10)17(20,21)22/h1-6,8-9H,7H2,(H,25,27). The van der Waals surface area contributed by atoms with Crippen LogP contribution in [-0.2, 0) is 12.7 Å². The lowest BCUT2D eigenvalue weighted by atomic mass is 10.1. The molecule has 0 unspecified atom stereocenters. The first-order valence-electron chi connectivity index (χ1n) is 7.52. The second kappa shape index (κ2) is 7.58. The summed E-state index contributed by atoms with van der Waals surface area (Å²) in [6.07, 6.45) is -0.275. The number of amides is 1. The molecule has 0 aliphatic heterocycles. The van der Waals surface area contributed by atoms with Gasteiger partial charge in [0.05, 0.1) is 22.5 Å². The Morgan fingerprint density at radius 1 is 1.19 bits per heavy atom. The third kappa shape index (κ3) is 4.78. The summed E-state index contributed by atoms with van der Waals surface area (Å²) in [4.78, 5) is 20.0. The molecule has 5 nitrogen and oxygen atoms in total. The molecule has 0 fully saturated rings. The van der Waals surface area contributed by atoms with Gasteiger partial charge in [-0.15, -0.1) is 0 Å². The molecule has 0 atom stereocenters. The lowest BCUT2D eigenvalue weighted by Crippen LogP contribution is -2.13. The summed E-state index contributed by atoms with van der Waals surface area (Å²) >= 11 is 11.6. The second-order valence-electron chi connectivity index (χ2n) is 5.57. The Labute approximate surface area is 161 Å². The van der Waals surface area contributed by atoms with E-state index in [0.717, 1.165) is 12.1 Å². The van der Waals surface area contributed by atoms with Gasteiger partial charge in [0, 0.05) is 18.9 Å². The number of nitrogens with one attached hydrogen (secondary N) is 1. The summed E-state index contributed by atoms with van der Waals surface area (Å²) in [6.45, 7) is 0.163. The van der Waals surface area contributed by atoms with Gasteiger partial charge in [-0.25, -0.2) is 9.97 Å². The van der Waals surface area contributed by atoms with Crippen LogP contribution in [0.5, 0.6) is 0 Å². The number of pyridine rings is 1. The number of imidazole rings is 1. The van der Waals surface area contributed by atoms with Crippen molar-refractivity contribution < 1.29 is 18.0 Å². The molecule has 2 aromatic heterocycles. The van der Waals surface area contributed by atoms with Crippen molar-refractivity contribution in [2.75, 3.05) is 5.32 Å². The van der Waals surface area contributed by atoms with E-state index >= 15 is 0 Å². The molecule has 2 heterocycles. The third-order valence-corrected chi connectivity index (χ3v) is 4.08. The SMILES string of the molecule is O=C(Nc1cn(Cc2cccc(C(F)(F)F)c2)cn1)c1cnc(Cl)cc1Cl. The number of hydrogen-bond acceptors (Lipinski definition) is 3. The van der Waals surface area contributed by atoms with Crippen LogP contribution in [0.1, 0.15) is 21.5 Å². The van der Waals surface area contributed by atoms with E-state index in [0.29, 0.717) is 5.56 Å². The molecule has 27 heavy (non-hydrogen) atoms. The summed E-state index contributed by atoms with van der Waals surface area (Å²) in [5.41, 5.74) is -0.155. The predicted octanol–water partition coefficient (Wildman–Crippen LogP) is 4.90. The molecule has 1 amide bonds. The highest BCUT2D eigenvalue weighted by molar-refractivity contribution is 6.36. The average molecular weight is 415 g/mol. The van der Waals surface area contributed by atoms with E-state index in [-0.39, 0.29) is 28.1 Å². The summed E-state index contributed by atoms with van der Waals surface area (Å²) in [6, 6.07) is 6.33. The first kappa shape index (κ1) is 19.2. The maximum Gasteiger partial charge on any atom is 0.416 e. The molecule has 0 aliphatic carbocycles. The van der Waals surface area contributed by atoms with Crippen molar-refractivity contribution in [1.82, 2.24) is 14.5 Å². The minimum Gasteiger partial charge on any atom is -0.331 e. The number of benzene rings is 1. The summed E-state index contributed by atoms with van der Waals surface area (Å²) in [5.74, 6) is -0.313. The highest BCUT2D eigenvalue weighted by atomic mass is 35.5. The molecule has 0 saturated carbocycles. The molecule has 140 valence electrons. The Balaban J connectivity index is 1.71. The minimum absolute atomic E-state index is 0.119. The average Bonchev–Trinajstić information content (AvgIpc) is 3.01. The Morgan fingerprint density at radius 2 is 1.96 bits per heavy atom. The number of hydrogen-bond donors (Lipinski definition) is 1. The number of carbonyl (C=O) groups excluding carboxylic acids is 1. The van der Waals surface area contributed by atoms with Crippen LogP contribution in [0.15, 0.2) is 49.1 Å². The number of anilines is 1. The second-order valence-corrected chi connectivity index (χ2v) is 6.36. The highest BCUT2D eigenvalue weighted by Gasteiger charge is 2.30. The molecular formula is C17H11Cl2F3N4O. The fourth-order valence-corrected chi connectivity index (χ4v) is 2.78. The first-order chi connectivity index (χ1) is 12.7. The predicted molar refractivity (Wildman–Crippen MR) is 95.0 cm³/mol. The molecule has 3 rings (SSSR count). The monoisotopic (exact) mass is 414 g/mol. The fourth-order valence-electron chi connectivity index (χ4n) is 2.33. The molecule has 10 heteroatoms. The molecule has 0 saturated heterocycles. The molecular weight excluding hydrogens is 404 g/mol. The van der Waals surface area contributed by atoms with Crippen molar-refractivity contribution in [3.63, 3.8) is 0 Å². The van der Waals surface area contributed by atoms with Gasteiger partial charge in [-0.05, 0) is 23.8 Å². The zero-order valence-corrected chi connectivity index (χ0v) is 15.0. The van der Waals surface area contributed by atoms with E-state index in [9.17, 15) is 18.0 Å². The van der Waals surface area contributed by atoms with Gasteiger partial charge in [0.25, 0.3) is 5.91 Å². The molecule has 0 radical (unpaired) electrons. The molecule has 1 N–H and O–H groups in total. The molecule has 0 bridgehead atoms. The molecule has 1 aromatic carbocycles. The number of aromatic nitrogens is 3. The fraction of sp³-hybridized carbons (Fsp3) is 0.118. The topological polar surface area (TPSA) is 59.8 Å². The highest BCUT2D eigenvalue weighted by Crippen LogP contribution is 2.29. The Kier molecular flexibility index (Phi) is 5.38. The van der Waals surface area contributed by atoms with E-state index in [1.54, 1.807) is 10.6 Å². The first-order valence-corrected chi connectivity index (χ1v) is 8.28. The Hall–Kier alpha value is -2.58. The number of halogens is 5. The van der Waals surface area contributed by atoms with Gasteiger partial charge in [-0.3, -0.25) is 4.79 Å². The van der Waals surface area contributed by atoms with E-state index < -0.39 is 17.6 Å². The Bertz CT molecular complexity index is 988. The van der Waals surface area contributed by atoms with Crippen LogP contribution in [0.4, 0.5) is 19.0 Å². The van der Waals surface area contributed by atoms with Crippen LogP contribution >= 0.6 is 23.2 Å². The van der Waals surface area contributed by atoms with Crippen molar-refractivity contribution >= 4 is 34.9 Å². The van der Waals surface area contributed by atoms with Gasteiger partial charge >= 0.3 is 6.18 Å².